The van der Waals surface area contributed by atoms with Gasteiger partial charge in [-0.05, 0) is 0 Å². The highest BCUT2D eigenvalue weighted by Crippen LogP contribution is 2.22. The summed E-state index contributed by atoms with van der Waals surface area (Å²) in [6.45, 7) is 0. The van der Waals surface area contributed by atoms with Gasteiger partial charge in [-0.25, -0.2) is 10.8 Å². The predicted octanol–water partition coefficient (Wildman–Crippen LogP) is -0.612. The van der Waals surface area contributed by atoms with Gasteiger partial charge in [0.25, 0.3) is 0 Å². The van der Waals surface area contributed by atoms with Crippen molar-refractivity contribution in [2.24, 2.45) is 16.8 Å². The van der Waals surface area contributed by atoms with Crippen LogP contribution in [-0.2, 0) is 4.79 Å². The van der Waals surface area contributed by atoms with E-state index in [-0.39, 0.29) is 17.9 Å². The third-order valence-corrected chi connectivity index (χ3v) is 2.44. The van der Waals surface area contributed by atoms with Crippen molar-refractivity contribution in [3.8, 4) is 0 Å². The van der Waals surface area contributed by atoms with Crippen LogP contribution in [0.2, 0.25) is 0 Å². The molecule has 2 atom stereocenters. The molecule has 74 valence electrons. The Bertz CT molecular complexity index is 345. The minimum Gasteiger partial charge on any atom is -0.294 e. The Labute approximate surface area is 81.9 Å². The molecule has 3 N–H and O–H groups in total. The van der Waals surface area contributed by atoms with Gasteiger partial charge in [0.1, 0.15) is 0 Å². The van der Waals surface area contributed by atoms with Crippen LogP contribution in [-0.4, -0.2) is 29.9 Å². The summed E-state index contributed by atoms with van der Waals surface area (Å²) >= 11 is 0. The fourth-order valence-corrected chi connectivity index (χ4v) is 1.64. The number of hydrazine groups is 1. The maximum Gasteiger partial charge on any atom is 0.238 e. The molecule has 2 aliphatic rings. The van der Waals surface area contributed by atoms with E-state index in [0.717, 1.165) is 0 Å². The number of rotatable bonds is 0. The molecule has 0 radical (unpaired) electrons. The molecule has 0 aromatic heterocycles. The van der Waals surface area contributed by atoms with Crippen molar-refractivity contribution in [3.63, 3.8) is 0 Å². The SMILES string of the molecule is CN1C(=O)C2C=CC=CC2N=C1NN. The zero-order valence-corrected chi connectivity index (χ0v) is 7.84. The van der Waals surface area contributed by atoms with E-state index in [1.54, 1.807) is 7.05 Å². The van der Waals surface area contributed by atoms with Gasteiger partial charge in [-0.1, -0.05) is 24.3 Å². The molecule has 0 saturated heterocycles. The average molecular weight is 192 g/mol. The largest absolute Gasteiger partial charge is 0.294 e. The van der Waals surface area contributed by atoms with E-state index in [0.29, 0.717) is 5.96 Å². The molecule has 0 bridgehead atoms. The first-order valence-electron chi connectivity index (χ1n) is 4.41. The first-order valence-corrected chi connectivity index (χ1v) is 4.41. The van der Waals surface area contributed by atoms with Crippen LogP contribution in [0.5, 0.6) is 0 Å². The summed E-state index contributed by atoms with van der Waals surface area (Å²) in [5.74, 6) is 5.51. The van der Waals surface area contributed by atoms with Crippen LogP contribution in [0.15, 0.2) is 29.3 Å². The fourth-order valence-electron chi connectivity index (χ4n) is 1.64. The molecule has 1 heterocycles. The molecule has 2 unspecified atom stereocenters. The molecule has 0 fully saturated rings. The van der Waals surface area contributed by atoms with Crippen molar-refractivity contribution < 1.29 is 4.79 Å². The van der Waals surface area contributed by atoms with Gasteiger partial charge < -0.3 is 0 Å². The number of nitrogens with one attached hydrogen (secondary N) is 1. The zero-order chi connectivity index (χ0) is 10.1. The molecule has 0 saturated carbocycles. The summed E-state index contributed by atoms with van der Waals surface area (Å²) in [5, 5.41) is 0. The number of fused-ring (bicyclic) bond motifs is 1. The quantitative estimate of drug-likeness (QED) is 0.397. The van der Waals surface area contributed by atoms with Crippen molar-refractivity contribution in [1.29, 1.82) is 0 Å². The number of allylic oxidation sites excluding steroid dienone is 2. The highest BCUT2D eigenvalue weighted by atomic mass is 16.2. The highest BCUT2D eigenvalue weighted by molar-refractivity contribution is 6.01. The lowest BCUT2D eigenvalue weighted by Crippen LogP contribution is -2.53. The Morgan fingerprint density at radius 3 is 2.93 bits per heavy atom. The molecule has 1 amide bonds. The minimum atomic E-state index is -0.179. The lowest BCUT2D eigenvalue weighted by molar-refractivity contribution is -0.130. The molecule has 0 aromatic rings. The second-order valence-electron chi connectivity index (χ2n) is 3.28. The summed E-state index contributed by atoms with van der Waals surface area (Å²) in [4.78, 5) is 17.5. The molecule has 1 aliphatic heterocycles. The van der Waals surface area contributed by atoms with Crippen LogP contribution in [0, 0.1) is 5.92 Å². The standard InChI is InChI=1S/C9H12N4O/c1-13-8(14)6-4-2-3-5-7(6)11-9(13)12-10/h2-7H,10H2,1H3,(H,11,12). The van der Waals surface area contributed by atoms with Crippen LogP contribution >= 0.6 is 0 Å². The van der Waals surface area contributed by atoms with Gasteiger partial charge in [0.2, 0.25) is 11.9 Å². The lowest BCUT2D eigenvalue weighted by Gasteiger charge is -2.31. The number of carbonyl (C=O) groups is 1. The van der Waals surface area contributed by atoms with Crippen molar-refractivity contribution in [1.82, 2.24) is 10.3 Å². The highest BCUT2D eigenvalue weighted by Gasteiger charge is 2.34. The Morgan fingerprint density at radius 1 is 1.50 bits per heavy atom. The Hall–Kier alpha value is -1.62. The summed E-state index contributed by atoms with van der Waals surface area (Å²) in [6.07, 6.45) is 7.51. The first-order chi connectivity index (χ1) is 6.74. The Balaban J connectivity index is 2.36. The number of amides is 1. The van der Waals surface area contributed by atoms with Crippen molar-refractivity contribution >= 4 is 11.9 Å². The van der Waals surface area contributed by atoms with Crippen LogP contribution in [0.4, 0.5) is 0 Å². The molecule has 2 rings (SSSR count). The summed E-state index contributed by atoms with van der Waals surface area (Å²) in [7, 11) is 1.66. The second-order valence-corrected chi connectivity index (χ2v) is 3.28. The topological polar surface area (TPSA) is 70.7 Å². The zero-order valence-electron chi connectivity index (χ0n) is 7.84. The molecule has 5 nitrogen and oxygen atoms in total. The second kappa shape index (κ2) is 3.26. The number of aliphatic imine (C=N–C) groups is 1. The number of hydrogen-bond donors (Lipinski definition) is 2. The minimum absolute atomic E-state index is 0.0125. The molecule has 14 heavy (non-hydrogen) atoms. The number of hydrogen-bond acceptors (Lipinski definition) is 4. The van der Waals surface area contributed by atoms with E-state index in [1.165, 1.54) is 4.90 Å². The normalized spacial score (nSPS) is 30.0. The van der Waals surface area contributed by atoms with E-state index >= 15 is 0 Å². The van der Waals surface area contributed by atoms with E-state index in [4.69, 9.17) is 5.84 Å². The van der Waals surface area contributed by atoms with Gasteiger partial charge in [-0.2, -0.15) is 0 Å². The molecule has 5 heteroatoms. The van der Waals surface area contributed by atoms with E-state index in [1.807, 2.05) is 24.3 Å². The summed E-state index contributed by atoms with van der Waals surface area (Å²) in [6, 6.07) is -0.116. The van der Waals surface area contributed by atoms with Crippen molar-refractivity contribution in [2.75, 3.05) is 7.05 Å². The average Bonchev–Trinajstić information content (AvgIpc) is 2.23. The molecular weight excluding hydrogens is 180 g/mol. The molecule has 0 spiro atoms. The third-order valence-electron chi connectivity index (χ3n) is 2.44. The monoisotopic (exact) mass is 192 g/mol. The smallest absolute Gasteiger partial charge is 0.238 e. The maximum atomic E-state index is 11.8. The Morgan fingerprint density at radius 2 is 2.21 bits per heavy atom. The van der Waals surface area contributed by atoms with Crippen molar-refractivity contribution in [3.05, 3.63) is 24.3 Å². The maximum absolute atomic E-state index is 11.8. The predicted molar refractivity (Wildman–Crippen MR) is 53.1 cm³/mol. The van der Waals surface area contributed by atoms with E-state index < -0.39 is 0 Å². The van der Waals surface area contributed by atoms with Crippen LogP contribution in [0.25, 0.3) is 0 Å². The number of carbonyl (C=O) groups excluding carboxylic acids is 1. The molecule has 1 aliphatic carbocycles. The number of nitrogens with zero attached hydrogens (tertiary/aromatic N) is 2. The van der Waals surface area contributed by atoms with Crippen LogP contribution in [0.3, 0.4) is 0 Å². The summed E-state index contributed by atoms with van der Waals surface area (Å²) < 4.78 is 0. The van der Waals surface area contributed by atoms with Crippen LogP contribution < -0.4 is 11.3 Å². The van der Waals surface area contributed by atoms with Gasteiger partial charge in [0, 0.05) is 7.05 Å². The Kier molecular flexibility index (Phi) is 2.09. The van der Waals surface area contributed by atoms with E-state index in [9.17, 15) is 4.79 Å². The number of guanidine groups is 1. The van der Waals surface area contributed by atoms with Gasteiger partial charge >= 0.3 is 0 Å². The lowest BCUT2D eigenvalue weighted by atomic mass is 9.93. The van der Waals surface area contributed by atoms with Crippen molar-refractivity contribution in [2.45, 2.75) is 6.04 Å². The fraction of sp³-hybridized carbons (Fsp3) is 0.333. The molecule has 0 aromatic carbocycles. The first kappa shape index (κ1) is 8.96. The van der Waals surface area contributed by atoms with Gasteiger partial charge in [-0.3, -0.25) is 15.1 Å². The third kappa shape index (κ3) is 1.22. The van der Waals surface area contributed by atoms with Gasteiger partial charge in [0.05, 0.1) is 12.0 Å². The number of nitrogens with two attached hydrogens (primary N) is 1. The van der Waals surface area contributed by atoms with E-state index in [2.05, 4.69) is 10.4 Å². The summed E-state index contributed by atoms with van der Waals surface area (Å²) in [5.41, 5.74) is 2.41. The molecular formula is C9H12N4O. The van der Waals surface area contributed by atoms with Crippen LogP contribution in [0.1, 0.15) is 0 Å². The van der Waals surface area contributed by atoms with Gasteiger partial charge in [-0.15, -0.1) is 0 Å². The van der Waals surface area contributed by atoms with Gasteiger partial charge in [0.15, 0.2) is 0 Å².